The lowest BCUT2D eigenvalue weighted by molar-refractivity contribution is -0.124. The van der Waals surface area contributed by atoms with Crippen LogP contribution >= 0.6 is 0 Å². The molecule has 1 aromatic rings. The molecule has 4 aliphatic rings. The van der Waals surface area contributed by atoms with E-state index in [1.165, 1.54) is 49.7 Å². The average molecular weight is 344 g/mol. The summed E-state index contributed by atoms with van der Waals surface area (Å²) in [5.41, 5.74) is 3.22. The van der Waals surface area contributed by atoms with Crippen LogP contribution in [0.5, 0.6) is 0 Å². The van der Waals surface area contributed by atoms with Gasteiger partial charge in [-0.2, -0.15) is 0 Å². The Balaban J connectivity index is 1.33. The Bertz CT molecular complexity index is 683. The molecule has 4 aliphatic carbocycles. The zero-order valence-electron chi connectivity index (χ0n) is 14.3. The number of carbonyl (C=O) groups is 1. The van der Waals surface area contributed by atoms with Gasteiger partial charge < -0.3 is 5.32 Å². The predicted molar refractivity (Wildman–Crippen MR) is 93.1 cm³/mol. The van der Waals surface area contributed by atoms with Gasteiger partial charge in [0.2, 0.25) is 0 Å². The predicted octanol–water partition coefficient (Wildman–Crippen LogP) is 3.26. The fourth-order valence-electron chi connectivity index (χ4n) is 5.68. The zero-order valence-corrected chi connectivity index (χ0v) is 14.3. The number of rotatable bonds is 6. The maximum atomic E-state index is 14.3. The first-order valence-corrected chi connectivity index (χ1v) is 9.18. The third kappa shape index (κ3) is 3.35. The van der Waals surface area contributed by atoms with Crippen molar-refractivity contribution >= 4 is 12.0 Å². The van der Waals surface area contributed by atoms with E-state index in [1.807, 2.05) is 0 Å². The van der Waals surface area contributed by atoms with E-state index in [9.17, 15) is 9.18 Å². The van der Waals surface area contributed by atoms with Crippen molar-refractivity contribution in [2.24, 2.45) is 23.2 Å². The van der Waals surface area contributed by atoms with Gasteiger partial charge in [0, 0.05) is 24.7 Å². The molecule has 4 saturated carbocycles. The van der Waals surface area contributed by atoms with Crippen LogP contribution in [0.3, 0.4) is 0 Å². The molecule has 1 amide bonds. The van der Waals surface area contributed by atoms with Crippen molar-refractivity contribution in [2.75, 3.05) is 6.54 Å². The summed E-state index contributed by atoms with van der Waals surface area (Å²) < 4.78 is 14.3. The number of carbonyl (C=O) groups excluding carboxylic acids is 1. The first kappa shape index (κ1) is 16.7. The Morgan fingerprint density at radius 2 is 2.04 bits per heavy atom. The topological polar surface area (TPSA) is 61.4 Å². The molecule has 0 heterocycles. The van der Waals surface area contributed by atoms with Crippen LogP contribution in [0, 0.1) is 29.0 Å². The molecular weight excluding hydrogens is 319 g/mol. The minimum atomic E-state index is -0.634. The highest BCUT2D eigenvalue weighted by molar-refractivity contribution is 5.90. The van der Waals surface area contributed by atoms with E-state index in [1.54, 1.807) is 12.1 Å². The highest BCUT2D eigenvalue weighted by atomic mass is 19.1. The van der Waals surface area contributed by atoms with Crippen molar-refractivity contribution in [3.8, 4) is 0 Å². The van der Waals surface area contributed by atoms with E-state index >= 15 is 0 Å². The normalized spacial score (nSPS) is 32.6. The highest BCUT2D eigenvalue weighted by Crippen LogP contribution is 2.63. The van der Waals surface area contributed by atoms with Crippen LogP contribution in [0.1, 0.15) is 43.2 Å². The summed E-state index contributed by atoms with van der Waals surface area (Å²) in [5.74, 6) is 1.95. The summed E-state index contributed by atoms with van der Waals surface area (Å²) in [6, 6.07) is 4.95. The van der Waals surface area contributed by atoms with Gasteiger partial charge in [0.1, 0.15) is 5.82 Å². The molecule has 1 aromatic carbocycles. The first-order valence-electron chi connectivity index (χ1n) is 9.18. The number of hydrogen-bond acceptors (Lipinski definition) is 3. The molecule has 0 aliphatic heterocycles. The van der Waals surface area contributed by atoms with E-state index in [0.717, 1.165) is 30.4 Å². The van der Waals surface area contributed by atoms with Crippen LogP contribution in [-0.2, 0) is 11.3 Å². The molecule has 4 nitrogen and oxygen atoms in total. The van der Waals surface area contributed by atoms with E-state index in [4.69, 9.17) is 5.21 Å². The molecule has 0 saturated heterocycles. The van der Waals surface area contributed by atoms with Crippen molar-refractivity contribution in [2.45, 2.75) is 38.6 Å². The third-order valence-corrected chi connectivity index (χ3v) is 6.48. The molecule has 5 heteroatoms. The van der Waals surface area contributed by atoms with Crippen molar-refractivity contribution in [3.63, 3.8) is 0 Å². The van der Waals surface area contributed by atoms with Crippen LogP contribution in [0.15, 0.2) is 24.3 Å². The van der Waals surface area contributed by atoms with Crippen LogP contribution < -0.4 is 10.8 Å². The van der Waals surface area contributed by atoms with Gasteiger partial charge in [-0.25, -0.2) is 9.87 Å². The minimum absolute atomic E-state index is 0.271. The zero-order chi connectivity index (χ0) is 17.4. The van der Waals surface area contributed by atoms with Crippen LogP contribution in [0.25, 0.3) is 6.08 Å². The van der Waals surface area contributed by atoms with Gasteiger partial charge in [0.25, 0.3) is 5.91 Å². The number of benzene rings is 1. The Morgan fingerprint density at radius 3 is 2.68 bits per heavy atom. The second kappa shape index (κ2) is 6.54. The second-order valence-corrected chi connectivity index (χ2v) is 8.23. The molecule has 5 rings (SSSR count). The van der Waals surface area contributed by atoms with Gasteiger partial charge in [0.15, 0.2) is 0 Å². The molecule has 25 heavy (non-hydrogen) atoms. The molecule has 2 unspecified atom stereocenters. The van der Waals surface area contributed by atoms with Crippen molar-refractivity contribution in [1.29, 1.82) is 0 Å². The fourth-order valence-corrected chi connectivity index (χ4v) is 5.68. The third-order valence-electron chi connectivity index (χ3n) is 6.48. The molecule has 134 valence electrons. The monoisotopic (exact) mass is 344 g/mol. The lowest BCUT2D eigenvalue weighted by Crippen LogP contribution is -2.37. The van der Waals surface area contributed by atoms with Crippen molar-refractivity contribution in [1.82, 2.24) is 10.8 Å². The van der Waals surface area contributed by atoms with Crippen molar-refractivity contribution in [3.05, 3.63) is 41.2 Å². The van der Waals surface area contributed by atoms with E-state index in [-0.39, 0.29) is 5.82 Å². The number of amides is 1. The largest absolute Gasteiger partial charge is 0.312 e. The van der Waals surface area contributed by atoms with Gasteiger partial charge in [-0.05, 0) is 73.0 Å². The van der Waals surface area contributed by atoms with Crippen LogP contribution in [-0.4, -0.2) is 17.7 Å². The minimum Gasteiger partial charge on any atom is -0.312 e. The Morgan fingerprint density at radius 1 is 1.28 bits per heavy atom. The van der Waals surface area contributed by atoms with E-state index in [0.29, 0.717) is 23.1 Å². The van der Waals surface area contributed by atoms with Crippen molar-refractivity contribution < 1.29 is 14.4 Å². The van der Waals surface area contributed by atoms with Gasteiger partial charge in [-0.15, -0.1) is 0 Å². The number of nitrogens with one attached hydrogen (secondary N) is 2. The average Bonchev–Trinajstić information content (AvgIpc) is 3.01. The maximum Gasteiger partial charge on any atom is 0.267 e. The lowest BCUT2D eigenvalue weighted by atomic mass is 9.69. The van der Waals surface area contributed by atoms with Gasteiger partial charge >= 0.3 is 0 Å². The number of hydroxylamine groups is 1. The fraction of sp³-hybridized carbons (Fsp3) is 0.550. The maximum absolute atomic E-state index is 14.3. The highest BCUT2D eigenvalue weighted by Gasteiger charge is 2.55. The SMILES string of the molecule is O=C(/C=C/c1ccc(CNCC23CC4CC(C2)C(C4)C3)c(F)c1)NO. The summed E-state index contributed by atoms with van der Waals surface area (Å²) in [6.07, 6.45) is 9.61. The molecule has 0 aromatic heterocycles. The standard InChI is InChI=1S/C20H25FN2O2/c21-18-7-13(2-4-19(24)23-25)1-3-15(18)11-22-12-20-8-14-5-16(9-20)17(6-14)10-20/h1-4,7,14,16-17,22,25H,5-6,8-12H2,(H,23,24)/b4-2+. The van der Waals surface area contributed by atoms with Crippen LogP contribution in [0.2, 0.25) is 0 Å². The molecule has 0 radical (unpaired) electrons. The Hall–Kier alpha value is -1.72. The lowest BCUT2D eigenvalue weighted by Gasteiger charge is -2.38. The Labute approximate surface area is 147 Å². The smallest absolute Gasteiger partial charge is 0.267 e. The van der Waals surface area contributed by atoms with Crippen LogP contribution in [0.4, 0.5) is 4.39 Å². The van der Waals surface area contributed by atoms with E-state index < -0.39 is 5.91 Å². The Kier molecular flexibility index (Phi) is 4.38. The molecule has 0 spiro atoms. The van der Waals surface area contributed by atoms with Gasteiger partial charge in [-0.3, -0.25) is 10.0 Å². The molecular formula is C20H25FN2O2. The number of hydrogen-bond donors (Lipinski definition) is 3. The summed E-state index contributed by atoms with van der Waals surface area (Å²) in [7, 11) is 0. The second-order valence-electron chi connectivity index (χ2n) is 8.23. The summed E-state index contributed by atoms with van der Waals surface area (Å²) in [6.45, 7) is 1.53. The summed E-state index contributed by atoms with van der Waals surface area (Å²) >= 11 is 0. The molecule has 4 bridgehead atoms. The van der Waals surface area contributed by atoms with Gasteiger partial charge in [-0.1, -0.05) is 12.1 Å². The summed E-state index contributed by atoms with van der Waals surface area (Å²) in [4.78, 5) is 11.0. The molecule has 2 atom stereocenters. The van der Waals surface area contributed by atoms with Gasteiger partial charge in [0.05, 0.1) is 0 Å². The van der Waals surface area contributed by atoms with E-state index in [2.05, 4.69) is 5.32 Å². The molecule has 4 fully saturated rings. The summed E-state index contributed by atoms with van der Waals surface area (Å²) in [5, 5.41) is 11.9. The quantitative estimate of drug-likeness (QED) is 0.422. The first-order chi connectivity index (χ1) is 12.1. The molecule has 3 N–H and O–H groups in total. The number of halogens is 1.